The maximum atomic E-state index is 9.87. The summed E-state index contributed by atoms with van der Waals surface area (Å²) in [7, 11) is 0. The minimum absolute atomic E-state index is 0.427. The Morgan fingerprint density at radius 3 is 2.26 bits per heavy atom. The summed E-state index contributed by atoms with van der Waals surface area (Å²) in [5.74, 6) is 0. The van der Waals surface area contributed by atoms with Crippen LogP contribution in [0.15, 0.2) is 29.2 Å². The fraction of sp³-hybridized carbons (Fsp3) is 0.500. The molecule has 6 nitrogen and oxygen atoms in total. The van der Waals surface area contributed by atoms with E-state index < -0.39 is 36.5 Å². The Hall–Kier alpha value is -0.830. The Bertz CT molecular complexity index is 413. The van der Waals surface area contributed by atoms with Crippen LogP contribution in [0.3, 0.4) is 0 Å². The number of aliphatic hydroxyl groups is 4. The zero-order chi connectivity index (χ0) is 14.0. The molecular weight excluding hydrogens is 270 g/mol. The smallest absolute Gasteiger partial charge is 0.136 e. The number of hydrogen-bond acceptors (Lipinski definition) is 7. The van der Waals surface area contributed by atoms with Crippen LogP contribution in [0.25, 0.3) is 0 Å². The van der Waals surface area contributed by atoms with Crippen molar-refractivity contribution in [3.05, 3.63) is 24.3 Å². The molecule has 1 aliphatic heterocycles. The molecule has 0 aliphatic carbocycles. The van der Waals surface area contributed by atoms with Crippen LogP contribution in [-0.4, -0.2) is 56.9 Å². The molecule has 2 rings (SSSR count). The first kappa shape index (κ1) is 14.6. The van der Waals surface area contributed by atoms with Gasteiger partial charge in [0.15, 0.2) is 0 Å². The first-order valence-corrected chi connectivity index (χ1v) is 6.73. The summed E-state index contributed by atoms with van der Waals surface area (Å²) in [4.78, 5) is 0.804. The number of nitrogens with two attached hydrogens (primary N) is 1. The number of rotatable bonds is 3. The van der Waals surface area contributed by atoms with E-state index in [1.165, 1.54) is 11.8 Å². The summed E-state index contributed by atoms with van der Waals surface area (Å²) in [5.41, 5.74) is 5.43. The zero-order valence-electron chi connectivity index (χ0n) is 10.1. The minimum Gasteiger partial charge on any atom is -0.399 e. The molecule has 5 atom stereocenters. The van der Waals surface area contributed by atoms with Crippen molar-refractivity contribution in [2.75, 3.05) is 12.3 Å². The SMILES string of the molecule is Nc1ccc(S[C@@H]2O[C@H](CO)[C@H](O)[C@@H](O)[C@H]2O)cc1. The molecule has 1 aromatic carbocycles. The molecule has 0 radical (unpaired) electrons. The van der Waals surface area contributed by atoms with Crippen LogP contribution in [0.4, 0.5) is 5.69 Å². The van der Waals surface area contributed by atoms with Crippen molar-refractivity contribution in [2.45, 2.75) is 34.7 Å². The normalized spacial score (nSPS) is 35.3. The molecule has 1 fully saturated rings. The molecule has 6 N–H and O–H groups in total. The van der Waals surface area contributed by atoms with Crippen LogP contribution < -0.4 is 5.73 Å². The number of anilines is 1. The van der Waals surface area contributed by atoms with Crippen LogP contribution in [-0.2, 0) is 4.74 Å². The van der Waals surface area contributed by atoms with Gasteiger partial charge in [-0.1, -0.05) is 11.8 Å². The van der Waals surface area contributed by atoms with E-state index in [1.54, 1.807) is 24.3 Å². The lowest BCUT2D eigenvalue weighted by atomic mass is 10.0. The van der Waals surface area contributed by atoms with Gasteiger partial charge in [0, 0.05) is 10.6 Å². The highest BCUT2D eigenvalue weighted by Crippen LogP contribution is 2.33. The van der Waals surface area contributed by atoms with E-state index >= 15 is 0 Å². The first-order chi connectivity index (χ1) is 9.02. The van der Waals surface area contributed by atoms with Gasteiger partial charge in [0.2, 0.25) is 0 Å². The molecule has 0 unspecified atom stereocenters. The predicted octanol–water partition coefficient (Wildman–Crippen LogP) is -0.839. The fourth-order valence-corrected chi connectivity index (χ4v) is 2.91. The highest BCUT2D eigenvalue weighted by Gasteiger charge is 2.43. The fourth-order valence-electron chi connectivity index (χ4n) is 1.85. The third kappa shape index (κ3) is 3.19. The topological polar surface area (TPSA) is 116 Å². The molecule has 7 heteroatoms. The van der Waals surface area contributed by atoms with Gasteiger partial charge in [-0.15, -0.1) is 0 Å². The van der Waals surface area contributed by atoms with E-state index in [2.05, 4.69) is 0 Å². The summed E-state index contributed by atoms with van der Waals surface area (Å²) in [6.07, 6.45) is -4.80. The van der Waals surface area contributed by atoms with E-state index in [9.17, 15) is 15.3 Å². The molecule has 0 bridgehead atoms. The van der Waals surface area contributed by atoms with Crippen LogP contribution >= 0.6 is 11.8 Å². The standard InChI is InChI=1S/C12H17NO5S/c13-6-1-3-7(4-2-6)19-12-11(17)10(16)9(15)8(5-14)18-12/h1-4,8-12,14-17H,5,13H2/t8-,9+,10-,11-,12+/m1/s1. The predicted molar refractivity (Wildman–Crippen MR) is 70.5 cm³/mol. The average molecular weight is 287 g/mol. The Morgan fingerprint density at radius 2 is 1.68 bits per heavy atom. The summed E-state index contributed by atoms with van der Waals surface area (Å²) < 4.78 is 5.39. The summed E-state index contributed by atoms with van der Waals surface area (Å²) in [6.45, 7) is -0.427. The van der Waals surface area contributed by atoms with Crippen molar-refractivity contribution >= 4 is 17.4 Å². The van der Waals surface area contributed by atoms with E-state index in [0.29, 0.717) is 5.69 Å². The van der Waals surface area contributed by atoms with Crippen LogP contribution in [0.5, 0.6) is 0 Å². The molecule has 0 amide bonds. The number of ether oxygens (including phenoxy) is 1. The zero-order valence-corrected chi connectivity index (χ0v) is 10.9. The van der Waals surface area contributed by atoms with Gasteiger partial charge in [-0.25, -0.2) is 0 Å². The molecule has 0 spiro atoms. The highest BCUT2D eigenvalue weighted by atomic mass is 32.2. The molecule has 1 aromatic rings. The second-order valence-corrected chi connectivity index (χ2v) is 5.56. The average Bonchev–Trinajstić information content (AvgIpc) is 2.42. The van der Waals surface area contributed by atoms with E-state index in [1.807, 2.05) is 0 Å². The van der Waals surface area contributed by atoms with Crippen molar-refractivity contribution < 1.29 is 25.2 Å². The molecule has 1 heterocycles. The van der Waals surface area contributed by atoms with Gasteiger partial charge in [-0.2, -0.15) is 0 Å². The van der Waals surface area contributed by atoms with E-state index in [4.69, 9.17) is 15.6 Å². The Labute approximate surface area is 114 Å². The highest BCUT2D eigenvalue weighted by molar-refractivity contribution is 7.99. The number of aliphatic hydroxyl groups excluding tert-OH is 4. The van der Waals surface area contributed by atoms with Gasteiger partial charge in [-0.3, -0.25) is 0 Å². The van der Waals surface area contributed by atoms with Crippen LogP contribution in [0.1, 0.15) is 0 Å². The maximum absolute atomic E-state index is 9.87. The second kappa shape index (κ2) is 6.08. The number of nitrogen functional groups attached to an aromatic ring is 1. The monoisotopic (exact) mass is 287 g/mol. The molecule has 1 saturated heterocycles. The van der Waals surface area contributed by atoms with Gasteiger partial charge in [0.05, 0.1) is 6.61 Å². The van der Waals surface area contributed by atoms with Gasteiger partial charge in [-0.05, 0) is 24.3 Å². The molecule has 106 valence electrons. The lowest BCUT2D eigenvalue weighted by Gasteiger charge is -2.39. The third-order valence-corrected chi connectivity index (χ3v) is 4.15. The largest absolute Gasteiger partial charge is 0.399 e. The van der Waals surface area contributed by atoms with E-state index in [0.717, 1.165) is 4.90 Å². The summed E-state index contributed by atoms with van der Waals surface area (Å²) >= 11 is 1.20. The second-order valence-electron chi connectivity index (χ2n) is 4.38. The van der Waals surface area contributed by atoms with Crippen molar-refractivity contribution in [3.8, 4) is 0 Å². The molecule has 1 aliphatic rings. The van der Waals surface area contributed by atoms with Crippen molar-refractivity contribution in [2.24, 2.45) is 0 Å². The summed E-state index contributed by atoms with van der Waals surface area (Å²) in [6, 6.07) is 6.96. The number of thioether (sulfide) groups is 1. The lowest BCUT2D eigenvalue weighted by Crippen LogP contribution is -2.57. The minimum atomic E-state index is -1.35. The molecule has 0 saturated carbocycles. The van der Waals surface area contributed by atoms with Crippen molar-refractivity contribution in [3.63, 3.8) is 0 Å². The van der Waals surface area contributed by atoms with Gasteiger partial charge in [0.1, 0.15) is 29.9 Å². The lowest BCUT2D eigenvalue weighted by molar-refractivity contribution is -0.205. The summed E-state index contributed by atoms with van der Waals surface area (Å²) in [5, 5.41) is 38.3. The van der Waals surface area contributed by atoms with Gasteiger partial charge >= 0.3 is 0 Å². The first-order valence-electron chi connectivity index (χ1n) is 5.85. The number of benzene rings is 1. The van der Waals surface area contributed by atoms with Gasteiger partial charge in [0.25, 0.3) is 0 Å². The molecule has 19 heavy (non-hydrogen) atoms. The van der Waals surface area contributed by atoms with Crippen LogP contribution in [0.2, 0.25) is 0 Å². The van der Waals surface area contributed by atoms with E-state index in [-0.39, 0.29) is 0 Å². The molecule has 0 aromatic heterocycles. The van der Waals surface area contributed by atoms with Crippen molar-refractivity contribution in [1.29, 1.82) is 0 Å². The quantitative estimate of drug-likeness (QED) is 0.460. The van der Waals surface area contributed by atoms with Crippen molar-refractivity contribution in [1.82, 2.24) is 0 Å². The van der Waals surface area contributed by atoms with Gasteiger partial charge < -0.3 is 30.9 Å². The van der Waals surface area contributed by atoms with Crippen LogP contribution in [0, 0.1) is 0 Å². The maximum Gasteiger partial charge on any atom is 0.136 e. The third-order valence-electron chi connectivity index (χ3n) is 2.98. The number of hydrogen-bond donors (Lipinski definition) is 5. The Morgan fingerprint density at radius 1 is 1.05 bits per heavy atom. The molecular formula is C12H17NO5S. The Balaban J connectivity index is 2.08. The Kier molecular flexibility index (Phi) is 4.67.